The third kappa shape index (κ3) is 4.53. The standard InChI is InChI=1S/C17H19N3O4/c1-13-11-15(20(23)24)7-8-16(13)18-17(22)12-19(9-10-21)14-5-3-2-4-6-14/h2-8,11,21H,9-10,12H2,1H3,(H,18,22). The average molecular weight is 329 g/mol. The van der Waals surface area contributed by atoms with Crippen LogP contribution in [0.4, 0.5) is 17.1 Å². The number of rotatable bonds is 7. The molecule has 2 N–H and O–H groups in total. The number of amides is 1. The molecule has 0 fully saturated rings. The number of carbonyl (C=O) groups excluding carboxylic acids is 1. The average Bonchev–Trinajstić information content (AvgIpc) is 2.57. The monoisotopic (exact) mass is 329 g/mol. The molecule has 0 saturated carbocycles. The summed E-state index contributed by atoms with van der Waals surface area (Å²) < 4.78 is 0. The number of benzene rings is 2. The number of aliphatic hydroxyl groups is 1. The Morgan fingerprint density at radius 1 is 1.25 bits per heavy atom. The number of non-ortho nitro benzene ring substituents is 1. The predicted molar refractivity (Wildman–Crippen MR) is 92.2 cm³/mol. The fourth-order valence-electron chi connectivity index (χ4n) is 2.32. The Morgan fingerprint density at radius 3 is 2.54 bits per heavy atom. The topological polar surface area (TPSA) is 95.7 Å². The number of nitrogens with zero attached hydrogens (tertiary/aromatic N) is 2. The molecule has 0 aliphatic heterocycles. The van der Waals surface area contributed by atoms with Crippen molar-refractivity contribution in [1.29, 1.82) is 0 Å². The maximum atomic E-state index is 12.3. The minimum Gasteiger partial charge on any atom is -0.395 e. The number of nitro benzene ring substituents is 1. The minimum absolute atomic E-state index is 0.0170. The Morgan fingerprint density at radius 2 is 1.96 bits per heavy atom. The third-order valence-electron chi connectivity index (χ3n) is 3.52. The number of para-hydroxylation sites is 1. The molecule has 0 heterocycles. The lowest BCUT2D eigenvalue weighted by molar-refractivity contribution is -0.384. The second kappa shape index (κ2) is 8.07. The maximum absolute atomic E-state index is 12.3. The van der Waals surface area contributed by atoms with Crippen molar-refractivity contribution < 1.29 is 14.8 Å². The van der Waals surface area contributed by atoms with E-state index in [1.165, 1.54) is 18.2 Å². The number of carbonyl (C=O) groups is 1. The molecule has 0 aromatic heterocycles. The molecule has 2 aromatic carbocycles. The van der Waals surface area contributed by atoms with Crippen LogP contribution in [0.15, 0.2) is 48.5 Å². The van der Waals surface area contributed by atoms with Gasteiger partial charge in [-0.1, -0.05) is 18.2 Å². The van der Waals surface area contributed by atoms with E-state index in [2.05, 4.69) is 5.32 Å². The molecule has 7 heteroatoms. The second-order valence-electron chi connectivity index (χ2n) is 5.29. The number of nitro groups is 1. The molecule has 0 unspecified atom stereocenters. The van der Waals surface area contributed by atoms with Gasteiger partial charge in [-0.05, 0) is 30.7 Å². The van der Waals surface area contributed by atoms with Gasteiger partial charge in [0.05, 0.1) is 18.1 Å². The summed E-state index contributed by atoms with van der Waals surface area (Å²) in [6.07, 6.45) is 0. The van der Waals surface area contributed by atoms with Crippen LogP contribution < -0.4 is 10.2 Å². The van der Waals surface area contributed by atoms with Crippen molar-refractivity contribution in [3.8, 4) is 0 Å². The zero-order valence-electron chi connectivity index (χ0n) is 13.3. The van der Waals surface area contributed by atoms with Gasteiger partial charge in [-0.25, -0.2) is 0 Å². The van der Waals surface area contributed by atoms with E-state index in [1.807, 2.05) is 30.3 Å². The van der Waals surface area contributed by atoms with Crippen LogP contribution in [0.2, 0.25) is 0 Å². The van der Waals surface area contributed by atoms with Crippen LogP contribution in [0.5, 0.6) is 0 Å². The SMILES string of the molecule is Cc1cc([N+](=O)[O-])ccc1NC(=O)CN(CCO)c1ccccc1. The van der Waals surface area contributed by atoms with Crippen LogP contribution in [0.3, 0.4) is 0 Å². The smallest absolute Gasteiger partial charge is 0.269 e. The van der Waals surface area contributed by atoms with Crippen LogP contribution >= 0.6 is 0 Å². The fraction of sp³-hybridized carbons (Fsp3) is 0.235. The first kappa shape index (κ1) is 17.4. The summed E-state index contributed by atoms with van der Waals surface area (Å²) in [6, 6.07) is 13.6. The largest absolute Gasteiger partial charge is 0.395 e. The Labute approximate surface area is 139 Å². The molecule has 0 saturated heterocycles. The number of aliphatic hydroxyl groups excluding tert-OH is 1. The lowest BCUT2D eigenvalue weighted by atomic mass is 10.2. The number of nitrogens with one attached hydrogen (secondary N) is 1. The Hall–Kier alpha value is -2.93. The van der Waals surface area contributed by atoms with Crippen LogP contribution in [0.25, 0.3) is 0 Å². The molecule has 126 valence electrons. The quantitative estimate of drug-likeness (QED) is 0.600. The van der Waals surface area contributed by atoms with Crippen molar-refractivity contribution in [3.63, 3.8) is 0 Å². The van der Waals surface area contributed by atoms with Gasteiger partial charge >= 0.3 is 0 Å². The number of anilines is 2. The lowest BCUT2D eigenvalue weighted by Gasteiger charge is -2.23. The molecule has 1 amide bonds. The van der Waals surface area contributed by atoms with Crippen LogP contribution in [-0.2, 0) is 4.79 Å². The van der Waals surface area contributed by atoms with E-state index in [1.54, 1.807) is 11.8 Å². The highest BCUT2D eigenvalue weighted by Crippen LogP contribution is 2.21. The first-order valence-electron chi connectivity index (χ1n) is 7.47. The Bertz CT molecular complexity index is 719. The molecule has 24 heavy (non-hydrogen) atoms. The van der Waals surface area contributed by atoms with Crippen molar-refractivity contribution in [2.75, 3.05) is 29.9 Å². The molecule has 0 radical (unpaired) electrons. The summed E-state index contributed by atoms with van der Waals surface area (Å²) in [5.74, 6) is -0.260. The van der Waals surface area contributed by atoms with Crippen LogP contribution in [-0.4, -0.2) is 35.6 Å². The van der Waals surface area contributed by atoms with E-state index in [0.29, 0.717) is 17.8 Å². The zero-order valence-corrected chi connectivity index (χ0v) is 13.3. The van der Waals surface area contributed by atoms with Gasteiger partial charge in [0.2, 0.25) is 5.91 Å². The zero-order chi connectivity index (χ0) is 17.5. The van der Waals surface area contributed by atoms with Crippen LogP contribution in [0, 0.1) is 17.0 Å². The molecular formula is C17H19N3O4. The second-order valence-corrected chi connectivity index (χ2v) is 5.29. The van der Waals surface area contributed by atoms with Crippen molar-refractivity contribution in [3.05, 3.63) is 64.2 Å². The van der Waals surface area contributed by atoms with Gasteiger partial charge in [-0.2, -0.15) is 0 Å². The molecule has 0 spiro atoms. The van der Waals surface area contributed by atoms with Gasteiger partial charge in [0.25, 0.3) is 5.69 Å². The van der Waals surface area contributed by atoms with Gasteiger partial charge in [0.1, 0.15) is 0 Å². The van der Waals surface area contributed by atoms with Gasteiger partial charge in [-0.15, -0.1) is 0 Å². The lowest BCUT2D eigenvalue weighted by Crippen LogP contribution is -2.35. The number of aryl methyl sites for hydroxylation is 1. The summed E-state index contributed by atoms with van der Waals surface area (Å²) in [4.78, 5) is 24.3. The Balaban J connectivity index is 2.07. The first-order valence-corrected chi connectivity index (χ1v) is 7.47. The minimum atomic E-state index is -0.475. The van der Waals surface area contributed by atoms with E-state index >= 15 is 0 Å². The third-order valence-corrected chi connectivity index (χ3v) is 3.52. The van der Waals surface area contributed by atoms with Crippen molar-refractivity contribution in [2.45, 2.75) is 6.92 Å². The molecule has 0 aliphatic rings. The Kier molecular flexibility index (Phi) is 5.86. The van der Waals surface area contributed by atoms with Crippen molar-refractivity contribution >= 4 is 23.0 Å². The molecule has 2 aromatic rings. The van der Waals surface area contributed by atoms with Crippen molar-refractivity contribution in [2.24, 2.45) is 0 Å². The summed E-state index contributed by atoms with van der Waals surface area (Å²) in [5, 5.41) is 22.7. The summed E-state index contributed by atoms with van der Waals surface area (Å²) >= 11 is 0. The molecule has 0 aliphatic carbocycles. The highest BCUT2D eigenvalue weighted by Gasteiger charge is 2.14. The van der Waals surface area contributed by atoms with Gasteiger partial charge in [-0.3, -0.25) is 14.9 Å². The van der Waals surface area contributed by atoms with Crippen LogP contribution in [0.1, 0.15) is 5.56 Å². The molecule has 0 atom stereocenters. The van der Waals surface area contributed by atoms with Gasteiger partial charge < -0.3 is 15.3 Å². The number of hydrogen-bond acceptors (Lipinski definition) is 5. The van der Waals surface area contributed by atoms with E-state index in [9.17, 15) is 20.0 Å². The van der Waals surface area contributed by atoms with Gasteiger partial charge in [0, 0.05) is 30.1 Å². The first-order chi connectivity index (χ1) is 11.5. The normalized spacial score (nSPS) is 10.2. The van der Waals surface area contributed by atoms with E-state index in [4.69, 9.17) is 0 Å². The van der Waals surface area contributed by atoms with E-state index in [-0.39, 0.29) is 24.7 Å². The van der Waals surface area contributed by atoms with E-state index < -0.39 is 4.92 Å². The predicted octanol–water partition coefficient (Wildman–Crippen LogP) is 2.34. The highest BCUT2D eigenvalue weighted by molar-refractivity contribution is 5.94. The molecule has 2 rings (SSSR count). The molecular weight excluding hydrogens is 310 g/mol. The molecule has 0 bridgehead atoms. The number of hydrogen-bond donors (Lipinski definition) is 2. The van der Waals surface area contributed by atoms with E-state index in [0.717, 1.165) is 5.69 Å². The summed E-state index contributed by atoms with van der Waals surface area (Å²) in [5.41, 5.74) is 1.97. The maximum Gasteiger partial charge on any atom is 0.269 e. The summed E-state index contributed by atoms with van der Waals surface area (Å²) in [7, 11) is 0. The molecule has 7 nitrogen and oxygen atoms in total. The van der Waals surface area contributed by atoms with Gasteiger partial charge in [0.15, 0.2) is 0 Å². The fourth-order valence-corrected chi connectivity index (χ4v) is 2.32. The summed E-state index contributed by atoms with van der Waals surface area (Å²) in [6.45, 7) is 2.03. The van der Waals surface area contributed by atoms with Crippen molar-refractivity contribution in [1.82, 2.24) is 0 Å². The highest BCUT2D eigenvalue weighted by atomic mass is 16.6.